The number of aliphatic carboxylic acids is 1. The number of anilines is 1. The highest BCUT2D eigenvalue weighted by Gasteiger charge is 2.31. The Balaban J connectivity index is 1.90. The average molecular weight is 310 g/mol. The smallest absolute Gasteiger partial charge is 0.308 e. The van der Waals surface area contributed by atoms with Gasteiger partial charge in [0.2, 0.25) is 0 Å². The zero-order valence-electron chi connectivity index (χ0n) is 12.9. The van der Waals surface area contributed by atoms with Crippen molar-refractivity contribution in [3.63, 3.8) is 0 Å². The van der Waals surface area contributed by atoms with Crippen LogP contribution in [-0.2, 0) is 4.79 Å². The van der Waals surface area contributed by atoms with E-state index in [2.05, 4.69) is 26.8 Å². The van der Waals surface area contributed by atoms with Crippen molar-refractivity contribution in [3.8, 4) is 0 Å². The Morgan fingerprint density at radius 1 is 1.35 bits per heavy atom. The third kappa shape index (κ3) is 2.21. The number of H-pyrrole nitrogens is 1. The summed E-state index contributed by atoms with van der Waals surface area (Å²) in [7, 11) is 0. The molecule has 0 amide bonds. The van der Waals surface area contributed by atoms with Crippen molar-refractivity contribution in [3.05, 3.63) is 30.9 Å². The van der Waals surface area contributed by atoms with Crippen molar-refractivity contribution < 1.29 is 9.90 Å². The van der Waals surface area contributed by atoms with E-state index in [1.54, 1.807) is 0 Å². The molecular weight excluding hydrogens is 292 g/mol. The molecule has 3 aromatic rings. The molecule has 3 aromatic heterocycles. The maximum Gasteiger partial charge on any atom is 0.308 e. The molecule has 0 bridgehead atoms. The van der Waals surface area contributed by atoms with Crippen LogP contribution in [0.4, 0.5) is 5.69 Å². The fourth-order valence-corrected chi connectivity index (χ4v) is 3.52. The molecule has 0 spiro atoms. The van der Waals surface area contributed by atoms with Gasteiger partial charge in [0.1, 0.15) is 5.65 Å². The third-order valence-electron chi connectivity index (χ3n) is 4.82. The van der Waals surface area contributed by atoms with Gasteiger partial charge in [0, 0.05) is 47.3 Å². The van der Waals surface area contributed by atoms with Gasteiger partial charge in [-0.25, -0.2) is 4.98 Å². The van der Waals surface area contributed by atoms with Crippen LogP contribution in [0.2, 0.25) is 0 Å². The highest BCUT2D eigenvalue weighted by Crippen LogP contribution is 2.35. The Hall–Kier alpha value is -2.63. The molecule has 1 aliphatic heterocycles. The number of pyridine rings is 2. The van der Waals surface area contributed by atoms with Crippen LogP contribution in [0.3, 0.4) is 0 Å². The van der Waals surface area contributed by atoms with Gasteiger partial charge in [0.15, 0.2) is 0 Å². The summed E-state index contributed by atoms with van der Waals surface area (Å²) in [4.78, 5) is 25.5. The van der Waals surface area contributed by atoms with E-state index in [9.17, 15) is 9.90 Å². The van der Waals surface area contributed by atoms with Crippen molar-refractivity contribution in [2.75, 3.05) is 11.4 Å². The minimum atomic E-state index is -0.719. The Kier molecular flexibility index (Phi) is 3.18. The van der Waals surface area contributed by atoms with Gasteiger partial charge in [-0.3, -0.25) is 9.78 Å². The number of aromatic nitrogens is 3. The SMILES string of the molecule is CC1CCC(C(=O)O)CN1c1cncc2cnc3[nH]ccc3c12. The molecule has 0 saturated carbocycles. The quantitative estimate of drug-likeness (QED) is 0.760. The number of aromatic amines is 1. The number of carbonyl (C=O) groups is 1. The molecule has 118 valence electrons. The predicted octanol–water partition coefficient (Wildman–Crippen LogP) is 2.80. The summed E-state index contributed by atoms with van der Waals surface area (Å²) in [5.74, 6) is -1.05. The minimum absolute atomic E-state index is 0.292. The van der Waals surface area contributed by atoms with Gasteiger partial charge in [-0.1, -0.05) is 0 Å². The Bertz CT molecular complexity index is 889. The summed E-state index contributed by atoms with van der Waals surface area (Å²) < 4.78 is 0. The summed E-state index contributed by atoms with van der Waals surface area (Å²) >= 11 is 0. The largest absolute Gasteiger partial charge is 0.481 e. The molecule has 0 aliphatic carbocycles. The predicted molar refractivity (Wildman–Crippen MR) is 88.6 cm³/mol. The van der Waals surface area contributed by atoms with E-state index < -0.39 is 5.97 Å². The van der Waals surface area contributed by atoms with Crippen LogP contribution in [0.15, 0.2) is 30.9 Å². The molecule has 2 N–H and O–H groups in total. The van der Waals surface area contributed by atoms with Crippen molar-refractivity contribution in [1.29, 1.82) is 0 Å². The summed E-state index contributed by atoms with van der Waals surface area (Å²) in [6.45, 7) is 2.66. The number of hydrogen-bond acceptors (Lipinski definition) is 4. The first kappa shape index (κ1) is 14.0. The van der Waals surface area contributed by atoms with Gasteiger partial charge in [0.05, 0.1) is 17.8 Å². The molecule has 6 nitrogen and oxygen atoms in total. The van der Waals surface area contributed by atoms with Crippen LogP contribution in [0.1, 0.15) is 19.8 Å². The van der Waals surface area contributed by atoms with E-state index in [1.165, 1.54) is 0 Å². The lowest BCUT2D eigenvalue weighted by Gasteiger charge is -2.38. The van der Waals surface area contributed by atoms with Gasteiger partial charge in [-0.2, -0.15) is 0 Å². The van der Waals surface area contributed by atoms with E-state index in [0.717, 1.165) is 40.3 Å². The second-order valence-corrected chi connectivity index (χ2v) is 6.23. The van der Waals surface area contributed by atoms with Gasteiger partial charge in [0.25, 0.3) is 0 Å². The van der Waals surface area contributed by atoms with Gasteiger partial charge >= 0.3 is 5.97 Å². The fraction of sp³-hybridized carbons (Fsp3) is 0.353. The Morgan fingerprint density at radius 3 is 3.04 bits per heavy atom. The standard InChI is InChI=1S/C17H18N4O2/c1-10-2-3-11(17(22)23)9-21(10)14-8-18-6-12-7-20-16-13(15(12)14)4-5-19-16/h4-8,10-11H,2-3,9H2,1H3,(H,19,20)(H,22,23). The number of rotatable bonds is 2. The molecule has 0 radical (unpaired) electrons. The number of carboxylic acids is 1. The minimum Gasteiger partial charge on any atom is -0.481 e. The Labute approximate surface area is 133 Å². The summed E-state index contributed by atoms with van der Waals surface area (Å²) in [5, 5.41) is 12.5. The van der Waals surface area contributed by atoms with E-state index in [4.69, 9.17) is 0 Å². The molecule has 1 saturated heterocycles. The lowest BCUT2D eigenvalue weighted by atomic mass is 9.92. The molecule has 4 rings (SSSR count). The van der Waals surface area contributed by atoms with Crippen LogP contribution >= 0.6 is 0 Å². The summed E-state index contributed by atoms with van der Waals surface area (Å²) in [5.41, 5.74) is 1.83. The molecule has 1 aliphatic rings. The van der Waals surface area contributed by atoms with Crippen molar-refractivity contribution in [1.82, 2.24) is 15.0 Å². The van der Waals surface area contributed by atoms with Crippen molar-refractivity contribution in [2.24, 2.45) is 5.92 Å². The highest BCUT2D eigenvalue weighted by atomic mass is 16.4. The number of carboxylic acid groups (broad SMARTS) is 1. The molecule has 0 aromatic carbocycles. The van der Waals surface area contributed by atoms with Crippen molar-refractivity contribution in [2.45, 2.75) is 25.8 Å². The highest BCUT2D eigenvalue weighted by molar-refractivity contribution is 6.11. The molecule has 2 unspecified atom stereocenters. The second-order valence-electron chi connectivity index (χ2n) is 6.23. The zero-order valence-corrected chi connectivity index (χ0v) is 12.9. The van der Waals surface area contributed by atoms with E-state index in [0.29, 0.717) is 12.6 Å². The fourth-order valence-electron chi connectivity index (χ4n) is 3.52. The number of nitrogens with one attached hydrogen (secondary N) is 1. The molecular formula is C17H18N4O2. The van der Waals surface area contributed by atoms with E-state index in [-0.39, 0.29) is 5.92 Å². The summed E-state index contributed by atoms with van der Waals surface area (Å²) in [6, 6.07) is 2.30. The first-order chi connectivity index (χ1) is 11.1. The Morgan fingerprint density at radius 2 is 2.22 bits per heavy atom. The van der Waals surface area contributed by atoms with Gasteiger partial charge < -0.3 is 15.0 Å². The number of piperidine rings is 1. The molecule has 2 atom stereocenters. The lowest BCUT2D eigenvalue weighted by molar-refractivity contribution is -0.142. The van der Waals surface area contributed by atoms with Gasteiger partial charge in [-0.05, 0) is 25.8 Å². The number of hydrogen-bond donors (Lipinski definition) is 2. The van der Waals surface area contributed by atoms with E-state index in [1.807, 2.05) is 30.9 Å². The van der Waals surface area contributed by atoms with Crippen molar-refractivity contribution >= 4 is 33.5 Å². The maximum absolute atomic E-state index is 11.4. The van der Waals surface area contributed by atoms with Gasteiger partial charge in [-0.15, -0.1) is 0 Å². The second kappa shape index (κ2) is 5.22. The van der Waals surface area contributed by atoms with Crippen LogP contribution in [0.25, 0.3) is 21.8 Å². The van der Waals surface area contributed by atoms with Crippen LogP contribution in [-0.4, -0.2) is 38.6 Å². The first-order valence-corrected chi connectivity index (χ1v) is 7.84. The van der Waals surface area contributed by atoms with Crippen LogP contribution in [0.5, 0.6) is 0 Å². The maximum atomic E-state index is 11.4. The normalized spacial score (nSPS) is 21.9. The molecule has 23 heavy (non-hydrogen) atoms. The first-order valence-electron chi connectivity index (χ1n) is 7.84. The monoisotopic (exact) mass is 310 g/mol. The number of fused-ring (bicyclic) bond motifs is 3. The molecule has 4 heterocycles. The average Bonchev–Trinajstić information content (AvgIpc) is 3.03. The lowest BCUT2D eigenvalue weighted by Crippen LogP contribution is -2.44. The molecule has 6 heteroatoms. The molecule has 1 fully saturated rings. The summed E-state index contributed by atoms with van der Waals surface area (Å²) in [6.07, 6.45) is 8.94. The third-order valence-corrected chi connectivity index (χ3v) is 4.82. The van der Waals surface area contributed by atoms with E-state index >= 15 is 0 Å². The topological polar surface area (TPSA) is 82.1 Å². The van der Waals surface area contributed by atoms with Crippen LogP contribution in [0, 0.1) is 5.92 Å². The number of nitrogens with zero attached hydrogens (tertiary/aromatic N) is 3. The zero-order chi connectivity index (χ0) is 16.0. The van der Waals surface area contributed by atoms with Crippen LogP contribution < -0.4 is 4.90 Å².